The van der Waals surface area contributed by atoms with Crippen LogP contribution >= 0.6 is 15.9 Å². The number of nitro groups is 1. The summed E-state index contributed by atoms with van der Waals surface area (Å²) in [6.07, 6.45) is 0.483. The number of aliphatic carboxylic acids is 1. The monoisotopic (exact) mass is 358 g/mol. The first-order valence-electron chi connectivity index (χ1n) is 6.51. The summed E-state index contributed by atoms with van der Waals surface area (Å²) in [6, 6.07) is 4.53. The summed E-state index contributed by atoms with van der Waals surface area (Å²) < 4.78 is 0.693. The number of halogens is 1. The second-order valence-corrected chi connectivity index (χ2v) is 7.02. The van der Waals surface area contributed by atoms with Crippen molar-refractivity contribution in [2.75, 3.05) is 11.9 Å². The molecule has 0 aliphatic heterocycles. The highest BCUT2D eigenvalue weighted by molar-refractivity contribution is 9.10. The van der Waals surface area contributed by atoms with Gasteiger partial charge in [-0.3, -0.25) is 14.9 Å². The van der Waals surface area contributed by atoms with E-state index in [4.69, 9.17) is 0 Å². The van der Waals surface area contributed by atoms with Crippen molar-refractivity contribution < 1.29 is 14.8 Å². The molecule has 116 valence electrons. The molecule has 1 atom stereocenters. The number of hydrogen-bond acceptors (Lipinski definition) is 4. The fraction of sp³-hybridized carbons (Fsp3) is 0.500. The summed E-state index contributed by atoms with van der Waals surface area (Å²) in [4.78, 5) is 21.8. The van der Waals surface area contributed by atoms with Crippen LogP contribution in [-0.2, 0) is 4.79 Å². The van der Waals surface area contributed by atoms with Crippen LogP contribution in [0.2, 0.25) is 0 Å². The van der Waals surface area contributed by atoms with E-state index in [1.165, 1.54) is 6.07 Å². The molecule has 0 saturated heterocycles. The lowest BCUT2D eigenvalue weighted by Crippen LogP contribution is -2.27. The van der Waals surface area contributed by atoms with Crippen LogP contribution in [0.5, 0.6) is 0 Å². The van der Waals surface area contributed by atoms with Crippen LogP contribution < -0.4 is 5.32 Å². The van der Waals surface area contributed by atoms with Crippen molar-refractivity contribution in [1.82, 2.24) is 0 Å². The fourth-order valence-electron chi connectivity index (χ4n) is 2.03. The van der Waals surface area contributed by atoms with Crippen LogP contribution in [0.4, 0.5) is 11.4 Å². The van der Waals surface area contributed by atoms with Crippen LogP contribution in [0, 0.1) is 21.4 Å². The predicted octanol–water partition coefficient (Wildman–Crippen LogP) is 3.91. The van der Waals surface area contributed by atoms with Crippen LogP contribution in [0.3, 0.4) is 0 Å². The maximum atomic E-state index is 11.3. The van der Waals surface area contributed by atoms with Gasteiger partial charge in [-0.15, -0.1) is 0 Å². The molecule has 2 N–H and O–H groups in total. The van der Waals surface area contributed by atoms with E-state index < -0.39 is 16.8 Å². The molecule has 7 heteroatoms. The molecule has 1 aromatic rings. The Bertz CT molecular complexity index is 540. The molecule has 0 amide bonds. The number of benzene rings is 1. The van der Waals surface area contributed by atoms with Gasteiger partial charge in [-0.1, -0.05) is 36.7 Å². The van der Waals surface area contributed by atoms with Crippen molar-refractivity contribution in [3.63, 3.8) is 0 Å². The quantitative estimate of drug-likeness (QED) is 0.594. The molecule has 0 aliphatic carbocycles. The zero-order chi connectivity index (χ0) is 16.2. The van der Waals surface area contributed by atoms with Crippen molar-refractivity contribution in [3.05, 3.63) is 32.8 Å². The minimum atomic E-state index is -0.907. The summed E-state index contributed by atoms with van der Waals surface area (Å²) in [5.74, 6) is -1.52. The number of carbonyl (C=O) groups is 1. The lowest BCUT2D eigenvalue weighted by atomic mass is 9.84. The first kappa shape index (κ1) is 17.4. The molecule has 0 fully saturated rings. The van der Waals surface area contributed by atoms with Gasteiger partial charge in [-0.25, -0.2) is 0 Å². The van der Waals surface area contributed by atoms with Crippen LogP contribution in [0.1, 0.15) is 27.2 Å². The smallest absolute Gasteiger partial charge is 0.308 e. The molecule has 1 rings (SSSR count). The number of nitro benzene ring substituents is 1. The Labute approximate surface area is 131 Å². The second kappa shape index (κ2) is 6.89. The first-order valence-corrected chi connectivity index (χ1v) is 7.30. The average Bonchev–Trinajstić information content (AvgIpc) is 2.32. The zero-order valence-corrected chi connectivity index (χ0v) is 13.8. The zero-order valence-electron chi connectivity index (χ0n) is 12.2. The van der Waals surface area contributed by atoms with Crippen LogP contribution in [0.15, 0.2) is 22.7 Å². The Hall–Kier alpha value is -1.63. The predicted molar refractivity (Wildman–Crippen MR) is 84.5 cm³/mol. The van der Waals surface area contributed by atoms with Gasteiger partial charge in [0.1, 0.15) is 5.69 Å². The lowest BCUT2D eigenvalue weighted by Gasteiger charge is -2.23. The average molecular weight is 359 g/mol. The minimum absolute atomic E-state index is 0.0712. The van der Waals surface area contributed by atoms with Gasteiger partial charge in [-0.05, 0) is 24.0 Å². The van der Waals surface area contributed by atoms with E-state index in [0.717, 1.165) is 0 Å². The van der Waals surface area contributed by atoms with Crippen molar-refractivity contribution in [2.45, 2.75) is 27.2 Å². The highest BCUT2D eigenvalue weighted by atomic mass is 79.9. The molecule has 21 heavy (non-hydrogen) atoms. The number of nitrogens with one attached hydrogen (secondary N) is 1. The Morgan fingerprint density at radius 3 is 2.57 bits per heavy atom. The van der Waals surface area contributed by atoms with Crippen LogP contribution in [-0.4, -0.2) is 22.5 Å². The minimum Gasteiger partial charge on any atom is -0.481 e. The molecule has 1 unspecified atom stereocenters. The summed E-state index contributed by atoms with van der Waals surface area (Å²) in [6.45, 7) is 6.03. The van der Waals surface area contributed by atoms with Crippen molar-refractivity contribution in [3.8, 4) is 0 Å². The van der Waals surface area contributed by atoms with Crippen LogP contribution in [0.25, 0.3) is 0 Å². The van der Waals surface area contributed by atoms with Gasteiger partial charge < -0.3 is 10.4 Å². The molecule has 6 nitrogen and oxygen atoms in total. The van der Waals surface area contributed by atoms with Crippen molar-refractivity contribution >= 4 is 33.3 Å². The Balaban J connectivity index is 2.87. The lowest BCUT2D eigenvalue weighted by molar-refractivity contribution is -0.384. The third kappa shape index (κ3) is 5.71. The maximum absolute atomic E-state index is 11.3. The van der Waals surface area contributed by atoms with Gasteiger partial charge in [0.2, 0.25) is 0 Å². The van der Waals surface area contributed by atoms with E-state index in [9.17, 15) is 20.0 Å². The molecule has 0 radical (unpaired) electrons. The topological polar surface area (TPSA) is 92.5 Å². The molecule has 0 heterocycles. The van der Waals surface area contributed by atoms with E-state index in [1.54, 1.807) is 12.1 Å². The van der Waals surface area contributed by atoms with Crippen molar-refractivity contribution in [1.29, 1.82) is 0 Å². The van der Waals surface area contributed by atoms with E-state index in [2.05, 4.69) is 21.2 Å². The standard InChI is InChI=1S/C14H19BrN2O4/c1-14(2,3)7-9(13(18)19)8-16-11-6-10(15)4-5-12(11)17(20)21/h4-6,9,16H,7-8H2,1-3H3,(H,18,19). The van der Waals surface area contributed by atoms with Gasteiger partial charge in [0.15, 0.2) is 0 Å². The van der Waals surface area contributed by atoms with E-state index in [-0.39, 0.29) is 17.6 Å². The number of hydrogen-bond donors (Lipinski definition) is 2. The van der Waals surface area contributed by atoms with Gasteiger partial charge in [0.25, 0.3) is 5.69 Å². The van der Waals surface area contributed by atoms with Gasteiger partial charge >= 0.3 is 5.97 Å². The second-order valence-electron chi connectivity index (χ2n) is 6.10. The summed E-state index contributed by atoms with van der Waals surface area (Å²) in [5.41, 5.74) is 0.112. The Kier molecular flexibility index (Phi) is 5.71. The number of rotatable bonds is 6. The molecule has 0 aromatic heterocycles. The van der Waals surface area contributed by atoms with Gasteiger partial charge in [0.05, 0.1) is 10.8 Å². The maximum Gasteiger partial charge on any atom is 0.308 e. The highest BCUT2D eigenvalue weighted by Crippen LogP contribution is 2.29. The normalized spacial score (nSPS) is 12.8. The summed E-state index contributed by atoms with van der Waals surface area (Å²) in [7, 11) is 0. The number of anilines is 1. The molecular weight excluding hydrogens is 340 g/mol. The summed E-state index contributed by atoms with van der Waals surface area (Å²) in [5, 5.41) is 23.1. The number of carboxylic acids is 1. The van der Waals surface area contributed by atoms with E-state index in [0.29, 0.717) is 16.6 Å². The van der Waals surface area contributed by atoms with E-state index in [1.807, 2.05) is 20.8 Å². The first-order chi connectivity index (χ1) is 9.60. The van der Waals surface area contributed by atoms with E-state index >= 15 is 0 Å². The molecule has 1 aromatic carbocycles. The Morgan fingerprint density at radius 2 is 2.10 bits per heavy atom. The molecule has 0 bridgehead atoms. The molecular formula is C14H19BrN2O4. The third-order valence-electron chi connectivity index (χ3n) is 2.90. The SMILES string of the molecule is CC(C)(C)CC(CNc1cc(Br)ccc1[N+](=O)[O-])C(=O)O. The van der Waals surface area contributed by atoms with Gasteiger partial charge in [0, 0.05) is 17.1 Å². The fourth-order valence-corrected chi connectivity index (χ4v) is 2.39. The Morgan fingerprint density at radius 1 is 1.48 bits per heavy atom. The number of carboxylic acid groups (broad SMARTS) is 1. The molecule has 0 spiro atoms. The summed E-state index contributed by atoms with van der Waals surface area (Å²) >= 11 is 3.25. The third-order valence-corrected chi connectivity index (χ3v) is 3.40. The van der Waals surface area contributed by atoms with Gasteiger partial charge in [-0.2, -0.15) is 0 Å². The van der Waals surface area contributed by atoms with Crippen molar-refractivity contribution in [2.24, 2.45) is 11.3 Å². The highest BCUT2D eigenvalue weighted by Gasteiger charge is 2.25. The molecule has 0 saturated carbocycles. The molecule has 0 aliphatic rings. The largest absolute Gasteiger partial charge is 0.481 e. The number of nitrogens with zero attached hydrogens (tertiary/aromatic N) is 1.